The van der Waals surface area contributed by atoms with Gasteiger partial charge in [-0.05, 0) is 48.7 Å². The molecule has 2 aromatic heterocycles. The van der Waals surface area contributed by atoms with Crippen LogP contribution < -0.4 is 10.3 Å². The van der Waals surface area contributed by atoms with Crippen molar-refractivity contribution in [1.29, 1.82) is 0 Å². The van der Waals surface area contributed by atoms with Crippen molar-refractivity contribution in [3.05, 3.63) is 92.5 Å². The summed E-state index contributed by atoms with van der Waals surface area (Å²) < 4.78 is 15.9. The number of fused-ring (bicyclic) bond motifs is 2. The summed E-state index contributed by atoms with van der Waals surface area (Å²) in [4.78, 5) is 40.4. The predicted molar refractivity (Wildman–Crippen MR) is 120 cm³/mol. The molecule has 0 saturated carbocycles. The average Bonchev–Trinajstić information content (AvgIpc) is 3.39. The SMILES string of the molecule is CCc1ccc2oc3c(c(=O)c2c1)[C@@H](c1ccc(C(=O)OC)cc1)N(c1cc(C)on1)C3=O. The Morgan fingerprint density at radius 2 is 1.88 bits per heavy atom. The van der Waals surface area contributed by atoms with Crippen LogP contribution in [0.1, 0.15) is 56.3 Å². The van der Waals surface area contributed by atoms with Gasteiger partial charge in [-0.1, -0.05) is 30.3 Å². The molecule has 0 bridgehead atoms. The molecule has 1 aliphatic heterocycles. The number of anilines is 1. The number of hydrogen-bond donors (Lipinski definition) is 0. The fourth-order valence-electron chi connectivity index (χ4n) is 4.18. The van der Waals surface area contributed by atoms with E-state index in [-0.39, 0.29) is 22.6 Å². The van der Waals surface area contributed by atoms with Crippen molar-refractivity contribution in [1.82, 2.24) is 5.16 Å². The van der Waals surface area contributed by atoms with Crippen molar-refractivity contribution < 1.29 is 23.3 Å². The third-order valence-electron chi connectivity index (χ3n) is 5.85. The summed E-state index contributed by atoms with van der Waals surface area (Å²) in [6, 6.07) is 12.8. The van der Waals surface area contributed by atoms with Crippen LogP contribution in [-0.2, 0) is 11.2 Å². The lowest BCUT2D eigenvalue weighted by molar-refractivity contribution is 0.0600. The topological polar surface area (TPSA) is 103 Å². The molecule has 0 saturated heterocycles. The van der Waals surface area contributed by atoms with Crippen LogP contribution in [0.4, 0.5) is 5.82 Å². The number of rotatable bonds is 4. The number of hydrogen-bond acceptors (Lipinski definition) is 7. The van der Waals surface area contributed by atoms with Gasteiger partial charge >= 0.3 is 5.97 Å². The minimum absolute atomic E-state index is 0.0283. The maximum atomic E-state index is 13.7. The van der Waals surface area contributed by atoms with Gasteiger partial charge in [0.2, 0.25) is 5.76 Å². The smallest absolute Gasteiger partial charge is 0.337 e. The number of amides is 1. The zero-order valence-corrected chi connectivity index (χ0v) is 18.2. The molecule has 0 aliphatic carbocycles. The molecule has 33 heavy (non-hydrogen) atoms. The summed E-state index contributed by atoms with van der Waals surface area (Å²) in [7, 11) is 1.30. The van der Waals surface area contributed by atoms with E-state index in [2.05, 4.69) is 5.16 Å². The quantitative estimate of drug-likeness (QED) is 0.435. The van der Waals surface area contributed by atoms with E-state index in [0.717, 1.165) is 12.0 Å². The Balaban J connectivity index is 1.75. The van der Waals surface area contributed by atoms with Crippen molar-refractivity contribution in [3.63, 3.8) is 0 Å². The van der Waals surface area contributed by atoms with Gasteiger partial charge in [0, 0.05) is 6.07 Å². The molecule has 3 heterocycles. The summed E-state index contributed by atoms with van der Waals surface area (Å²) in [5.74, 6) is -0.210. The second-order valence-electron chi connectivity index (χ2n) is 7.85. The van der Waals surface area contributed by atoms with E-state index in [4.69, 9.17) is 13.7 Å². The Kier molecular flexibility index (Phi) is 4.85. The number of ether oxygens (including phenoxy) is 1. The summed E-state index contributed by atoms with van der Waals surface area (Å²) in [6.45, 7) is 3.72. The van der Waals surface area contributed by atoms with E-state index in [1.54, 1.807) is 49.4 Å². The lowest BCUT2D eigenvalue weighted by Gasteiger charge is -2.22. The number of aromatic nitrogens is 1. The number of aryl methyl sites for hydroxylation is 2. The van der Waals surface area contributed by atoms with Crippen LogP contribution in [0.15, 0.2) is 62.3 Å². The highest BCUT2D eigenvalue weighted by Gasteiger charge is 2.44. The second kappa shape index (κ2) is 7.74. The van der Waals surface area contributed by atoms with Crippen LogP contribution in [0.2, 0.25) is 0 Å². The van der Waals surface area contributed by atoms with Gasteiger partial charge in [0.1, 0.15) is 11.3 Å². The first-order valence-electron chi connectivity index (χ1n) is 10.5. The minimum atomic E-state index is -0.797. The molecule has 0 N–H and O–H groups in total. The lowest BCUT2D eigenvalue weighted by Crippen LogP contribution is -2.29. The predicted octanol–water partition coefficient (Wildman–Crippen LogP) is 4.19. The Hall–Kier alpha value is -4.20. The fraction of sp³-hybridized carbons (Fsp3) is 0.200. The van der Waals surface area contributed by atoms with Gasteiger partial charge in [0.25, 0.3) is 5.91 Å². The van der Waals surface area contributed by atoms with Crippen molar-refractivity contribution in [2.75, 3.05) is 12.0 Å². The first-order valence-corrected chi connectivity index (χ1v) is 10.5. The van der Waals surface area contributed by atoms with Crippen LogP contribution >= 0.6 is 0 Å². The summed E-state index contributed by atoms with van der Waals surface area (Å²) >= 11 is 0. The largest absolute Gasteiger partial charge is 0.465 e. The fourth-order valence-corrected chi connectivity index (χ4v) is 4.18. The lowest BCUT2D eigenvalue weighted by atomic mass is 9.97. The number of carbonyl (C=O) groups excluding carboxylic acids is 2. The summed E-state index contributed by atoms with van der Waals surface area (Å²) in [5, 5.41) is 4.42. The van der Waals surface area contributed by atoms with Gasteiger partial charge < -0.3 is 13.7 Å². The number of nitrogens with zero attached hydrogens (tertiary/aromatic N) is 2. The molecule has 0 fully saturated rings. The standard InChI is InChI=1S/C25H20N2O6/c1-4-14-5-10-18-17(12-14)22(28)20-21(15-6-8-16(9-7-15)25(30)31-3)27(24(29)23(20)32-18)19-11-13(2)33-26-19/h5-12,21H,4H2,1-3H3/t21-/m1/s1. The van der Waals surface area contributed by atoms with Crippen LogP contribution in [0, 0.1) is 6.92 Å². The second-order valence-corrected chi connectivity index (χ2v) is 7.85. The van der Waals surface area contributed by atoms with E-state index >= 15 is 0 Å². The molecule has 0 radical (unpaired) electrons. The third kappa shape index (κ3) is 3.22. The molecule has 1 atom stereocenters. The Bertz CT molecular complexity index is 1460. The van der Waals surface area contributed by atoms with E-state index < -0.39 is 17.9 Å². The van der Waals surface area contributed by atoms with Crippen molar-refractivity contribution in [2.24, 2.45) is 0 Å². The number of benzene rings is 2. The number of methoxy groups -OCH3 is 1. The van der Waals surface area contributed by atoms with E-state index in [0.29, 0.717) is 27.9 Å². The van der Waals surface area contributed by atoms with Gasteiger partial charge in [-0.15, -0.1) is 0 Å². The number of esters is 1. The molecule has 0 unspecified atom stereocenters. The van der Waals surface area contributed by atoms with Gasteiger partial charge in [0.15, 0.2) is 11.2 Å². The van der Waals surface area contributed by atoms with E-state index in [9.17, 15) is 14.4 Å². The van der Waals surface area contributed by atoms with Crippen molar-refractivity contribution >= 4 is 28.7 Å². The van der Waals surface area contributed by atoms with Crippen LogP contribution in [0.3, 0.4) is 0 Å². The van der Waals surface area contributed by atoms with Crippen LogP contribution in [0.5, 0.6) is 0 Å². The molecule has 2 aromatic carbocycles. The highest BCUT2D eigenvalue weighted by atomic mass is 16.5. The molecule has 8 nitrogen and oxygen atoms in total. The van der Waals surface area contributed by atoms with Crippen LogP contribution in [0.25, 0.3) is 11.0 Å². The molecule has 4 aromatic rings. The molecular weight excluding hydrogens is 424 g/mol. The minimum Gasteiger partial charge on any atom is -0.465 e. The normalized spacial score (nSPS) is 15.2. The van der Waals surface area contributed by atoms with E-state index in [1.165, 1.54) is 12.0 Å². The number of carbonyl (C=O) groups is 2. The summed E-state index contributed by atoms with van der Waals surface area (Å²) in [6.07, 6.45) is 0.758. The molecule has 166 valence electrons. The molecule has 5 rings (SSSR count). The van der Waals surface area contributed by atoms with Gasteiger partial charge in [-0.2, -0.15) is 0 Å². The Morgan fingerprint density at radius 3 is 2.52 bits per heavy atom. The van der Waals surface area contributed by atoms with Gasteiger partial charge in [-0.3, -0.25) is 14.5 Å². The van der Waals surface area contributed by atoms with Crippen molar-refractivity contribution in [2.45, 2.75) is 26.3 Å². The maximum Gasteiger partial charge on any atom is 0.337 e. The zero-order valence-electron chi connectivity index (χ0n) is 18.2. The molecule has 1 aliphatic rings. The van der Waals surface area contributed by atoms with Crippen molar-refractivity contribution in [3.8, 4) is 0 Å². The molecular formula is C25H20N2O6. The first-order chi connectivity index (χ1) is 15.9. The zero-order chi connectivity index (χ0) is 23.3. The highest BCUT2D eigenvalue weighted by molar-refractivity contribution is 6.10. The van der Waals surface area contributed by atoms with Gasteiger partial charge in [-0.25, -0.2) is 4.79 Å². The third-order valence-corrected chi connectivity index (χ3v) is 5.85. The molecule has 1 amide bonds. The van der Waals surface area contributed by atoms with E-state index in [1.807, 2.05) is 13.0 Å². The summed E-state index contributed by atoms with van der Waals surface area (Å²) in [5.41, 5.74) is 2.26. The van der Waals surface area contributed by atoms with Gasteiger partial charge in [0.05, 0.1) is 29.7 Å². The highest BCUT2D eigenvalue weighted by Crippen LogP contribution is 2.41. The molecule has 8 heteroatoms. The maximum absolute atomic E-state index is 13.7. The first kappa shape index (κ1) is 20.7. The van der Waals surface area contributed by atoms with Crippen LogP contribution in [-0.4, -0.2) is 24.1 Å². The average molecular weight is 444 g/mol. The molecule has 0 spiro atoms. The Labute approximate surface area is 188 Å². The Morgan fingerprint density at radius 1 is 1.12 bits per heavy atom. The monoisotopic (exact) mass is 444 g/mol.